The number of aromatic amines is 1. The Morgan fingerprint density at radius 2 is 1.82 bits per heavy atom. The van der Waals surface area contributed by atoms with Crippen molar-refractivity contribution in [1.82, 2.24) is 9.55 Å². The highest BCUT2D eigenvalue weighted by atomic mass is 35.5. The van der Waals surface area contributed by atoms with E-state index in [1.807, 2.05) is 17.7 Å². The minimum Gasteiger partial charge on any atom is -0.337 e. The Kier molecular flexibility index (Phi) is 3.83. The van der Waals surface area contributed by atoms with E-state index in [2.05, 4.69) is 4.98 Å². The van der Waals surface area contributed by atoms with Gasteiger partial charge in [0, 0.05) is 16.9 Å². The van der Waals surface area contributed by atoms with Gasteiger partial charge in [0.2, 0.25) is 0 Å². The van der Waals surface area contributed by atoms with Gasteiger partial charge in [-0.1, -0.05) is 41.7 Å². The number of nitrogens with zero attached hydrogens (tertiary/aromatic N) is 1. The number of H-pyrrole nitrogens is 1. The molecule has 0 aliphatic rings. The van der Waals surface area contributed by atoms with Gasteiger partial charge >= 0.3 is 0 Å². The Labute approximate surface area is 119 Å². The van der Waals surface area contributed by atoms with E-state index < -0.39 is 0 Å². The summed E-state index contributed by atoms with van der Waals surface area (Å²) in [5, 5.41) is 1.46. The van der Waals surface area contributed by atoms with Gasteiger partial charge in [-0.3, -0.25) is 4.57 Å². The molecule has 6 heteroatoms. The first kappa shape index (κ1) is 13.0. The summed E-state index contributed by atoms with van der Waals surface area (Å²) in [5.74, 6) is 0. The van der Waals surface area contributed by atoms with Crippen LogP contribution in [0.3, 0.4) is 0 Å². The van der Waals surface area contributed by atoms with Crippen molar-refractivity contribution in [2.24, 2.45) is 0 Å². The summed E-state index contributed by atoms with van der Waals surface area (Å²) >= 11 is 23.5. The summed E-state index contributed by atoms with van der Waals surface area (Å²) in [4.78, 5) is 2.98. The monoisotopic (exact) mass is 306 g/mol. The standard InChI is InChI=1S/C11H9Cl3N2S/c1-2-7-5-15-11(17)16(7)10-8(13)3-6(12)4-9(10)14/h3-5H,2H2,1H3,(H,15,17). The molecule has 1 N–H and O–H groups in total. The van der Waals surface area contributed by atoms with Crippen LogP contribution in [0.4, 0.5) is 0 Å². The molecule has 17 heavy (non-hydrogen) atoms. The van der Waals surface area contributed by atoms with Crippen molar-refractivity contribution in [2.75, 3.05) is 0 Å². The highest BCUT2D eigenvalue weighted by Gasteiger charge is 2.13. The van der Waals surface area contributed by atoms with Gasteiger partial charge in [0.05, 0.1) is 15.7 Å². The minimum atomic E-state index is 0.480. The first-order chi connectivity index (χ1) is 8.04. The van der Waals surface area contributed by atoms with Crippen molar-refractivity contribution in [3.8, 4) is 5.69 Å². The highest BCUT2D eigenvalue weighted by Crippen LogP contribution is 2.33. The molecule has 0 saturated heterocycles. The predicted octanol–water partition coefficient (Wildman–Crippen LogP) is 5.06. The van der Waals surface area contributed by atoms with E-state index in [4.69, 9.17) is 47.0 Å². The number of rotatable bonds is 2. The number of aryl methyl sites for hydroxylation is 1. The summed E-state index contributed by atoms with van der Waals surface area (Å²) in [7, 11) is 0. The van der Waals surface area contributed by atoms with Crippen molar-refractivity contribution in [2.45, 2.75) is 13.3 Å². The molecule has 2 nitrogen and oxygen atoms in total. The molecule has 1 aromatic carbocycles. The zero-order chi connectivity index (χ0) is 12.6. The Morgan fingerprint density at radius 3 is 2.35 bits per heavy atom. The lowest BCUT2D eigenvalue weighted by molar-refractivity contribution is 0.922. The van der Waals surface area contributed by atoms with Crippen LogP contribution in [0, 0.1) is 4.77 Å². The highest BCUT2D eigenvalue weighted by molar-refractivity contribution is 7.71. The van der Waals surface area contributed by atoms with E-state index >= 15 is 0 Å². The van der Waals surface area contributed by atoms with Crippen molar-refractivity contribution < 1.29 is 0 Å². The number of imidazole rings is 1. The number of halogens is 3. The summed E-state index contributed by atoms with van der Waals surface area (Å²) in [5.41, 5.74) is 1.68. The fraction of sp³-hybridized carbons (Fsp3) is 0.182. The Balaban J connectivity index is 2.77. The molecule has 0 aliphatic carbocycles. The summed E-state index contributed by atoms with van der Waals surface area (Å²) in [6.07, 6.45) is 2.67. The van der Waals surface area contributed by atoms with Gasteiger partial charge in [-0.05, 0) is 30.8 Å². The lowest BCUT2D eigenvalue weighted by Gasteiger charge is -2.11. The molecular formula is C11H9Cl3N2S. The lowest BCUT2D eigenvalue weighted by Crippen LogP contribution is -2.01. The predicted molar refractivity (Wildman–Crippen MR) is 75.4 cm³/mol. The number of nitrogens with one attached hydrogen (secondary N) is 1. The maximum Gasteiger partial charge on any atom is 0.182 e. The fourth-order valence-electron chi connectivity index (χ4n) is 1.66. The average Bonchev–Trinajstić information content (AvgIpc) is 2.59. The van der Waals surface area contributed by atoms with Gasteiger partial charge < -0.3 is 4.98 Å². The van der Waals surface area contributed by atoms with Crippen LogP contribution in [0.1, 0.15) is 12.6 Å². The third-order valence-electron chi connectivity index (χ3n) is 2.42. The van der Waals surface area contributed by atoms with Crippen LogP contribution in [0.15, 0.2) is 18.3 Å². The normalized spacial score (nSPS) is 10.8. The molecule has 0 unspecified atom stereocenters. The molecule has 2 aromatic rings. The smallest absolute Gasteiger partial charge is 0.182 e. The van der Waals surface area contributed by atoms with Crippen LogP contribution >= 0.6 is 47.0 Å². The zero-order valence-corrected chi connectivity index (χ0v) is 12.0. The fourth-order valence-corrected chi connectivity index (χ4v) is 2.91. The molecule has 1 heterocycles. The maximum absolute atomic E-state index is 6.18. The third kappa shape index (κ3) is 2.38. The molecule has 0 bridgehead atoms. The molecule has 0 amide bonds. The molecule has 0 saturated carbocycles. The van der Waals surface area contributed by atoms with E-state index in [1.165, 1.54) is 0 Å². The van der Waals surface area contributed by atoms with Crippen molar-refractivity contribution in [3.05, 3.63) is 43.9 Å². The Hall–Kier alpha value is -0.480. The number of hydrogen-bond donors (Lipinski definition) is 1. The van der Waals surface area contributed by atoms with E-state index in [1.54, 1.807) is 12.1 Å². The number of hydrogen-bond acceptors (Lipinski definition) is 1. The number of aromatic nitrogens is 2. The molecule has 0 atom stereocenters. The largest absolute Gasteiger partial charge is 0.337 e. The second-order valence-electron chi connectivity index (χ2n) is 3.49. The van der Waals surface area contributed by atoms with E-state index in [9.17, 15) is 0 Å². The molecule has 0 aliphatic heterocycles. The van der Waals surface area contributed by atoms with Crippen molar-refractivity contribution in [3.63, 3.8) is 0 Å². The minimum absolute atomic E-state index is 0.480. The topological polar surface area (TPSA) is 20.7 Å². The molecule has 0 spiro atoms. The van der Waals surface area contributed by atoms with Crippen molar-refractivity contribution in [1.29, 1.82) is 0 Å². The van der Waals surface area contributed by atoms with Gasteiger partial charge in [-0.2, -0.15) is 0 Å². The van der Waals surface area contributed by atoms with Gasteiger partial charge in [-0.15, -0.1) is 0 Å². The van der Waals surface area contributed by atoms with Gasteiger partial charge in [-0.25, -0.2) is 0 Å². The van der Waals surface area contributed by atoms with Crippen LogP contribution < -0.4 is 0 Å². The van der Waals surface area contributed by atoms with Crippen LogP contribution in [0.5, 0.6) is 0 Å². The van der Waals surface area contributed by atoms with Crippen molar-refractivity contribution >= 4 is 47.0 Å². The molecule has 90 valence electrons. The van der Waals surface area contributed by atoms with E-state index in [0.29, 0.717) is 25.5 Å². The van der Waals surface area contributed by atoms with E-state index in [0.717, 1.165) is 12.1 Å². The Morgan fingerprint density at radius 1 is 1.24 bits per heavy atom. The summed E-state index contributed by atoms with van der Waals surface area (Å²) < 4.78 is 2.39. The Bertz CT molecular complexity index is 592. The molecule has 2 rings (SSSR count). The average molecular weight is 308 g/mol. The molecule has 0 radical (unpaired) electrons. The van der Waals surface area contributed by atoms with Crippen LogP contribution in [0.2, 0.25) is 15.1 Å². The van der Waals surface area contributed by atoms with E-state index in [-0.39, 0.29) is 0 Å². The van der Waals surface area contributed by atoms with Gasteiger partial charge in [0.15, 0.2) is 4.77 Å². The van der Waals surface area contributed by atoms with Gasteiger partial charge in [0.25, 0.3) is 0 Å². The van der Waals surface area contributed by atoms with Crippen LogP contribution in [0.25, 0.3) is 5.69 Å². The summed E-state index contributed by atoms with van der Waals surface area (Å²) in [6, 6.07) is 3.30. The maximum atomic E-state index is 6.18. The molecular weight excluding hydrogens is 299 g/mol. The number of benzene rings is 1. The summed E-state index contributed by atoms with van der Waals surface area (Å²) in [6.45, 7) is 2.03. The second-order valence-corrected chi connectivity index (χ2v) is 5.13. The quantitative estimate of drug-likeness (QED) is 0.769. The van der Waals surface area contributed by atoms with Crippen LogP contribution in [-0.4, -0.2) is 9.55 Å². The second kappa shape index (κ2) is 5.02. The SMILES string of the molecule is CCc1c[nH]c(=S)n1-c1c(Cl)cc(Cl)cc1Cl. The first-order valence-electron chi connectivity index (χ1n) is 4.98. The lowest BCUT2D eigenvalue weighted by atomic mass is 10.3. The van der Waals surface area contributed by atoms with Crippen LogP contribution in [-0.2, 0) is 6.42 Å². The van der Waals surface area contributed by atoms with Gasteiger partial charge in [0.1, 0.15) is 0 Å². The first-order valence-corrected chi connectivity index (χ1v) is 6.53. The molecule has 1 aromatic heterocycles. The third-order valence-corrected chi connectivity index (χ3v) is 3.51. The molecule has 0 fully saturated rings. The zero-order valence-electron chi connectivity index (χ0n) is 8.93.